The number of rotatable bonds is 6. The van der Waals surface area contributed by atoms with E-state index in [-0.39, 0.29) is 5.56 Å². The minimum Gasteiger partial charge on any atom is -0.385 e. The number of hydrogen-bond donors (Lipinski definition) is 1. The van der Waals surface area contributed by atoms with E-state index in [9.17, 15) is 13.6 Å². The molecule has 1 N–H and O–H groups in total. The van der Waals surface area contributed by atoms with E-state index in [1.807, 2.05) is 12.1 Å². The average molecular weight is 346 g/mol. The van der Waals surface area contributed by atoms with Gasteiger partial charge in [-0.25, -0.2) is 8.78 Å². The van der Waals surface area contributed by atoms with Gasteiger partial charge in [-0.3, -0.25) is 9.69 Å². The molecule has 2 aromatic rings. The van der Waals surface area contributed by atoms with E-state index >= 15 is 0 Å². The summed E-state index contributed by atoms with van der Waals surface area (Å²) in [6.45, 7) is 3.11. The van der Waals surface area contributed by atoms with Gasteiger partial charge in [0.2, 0.25) is 0 Å². The maximum atomic E-state index is 13.8. The van der Waals surface area contributed by atoms with Gasteiger partial charge >= 0.3 is 0 Å². The Hall–Kier alpha value is -2.31. The van der Waals surface area contributed by atoms with Crippen molar-refractivity contribution in [3.63, 3.8) is 0 Å². The monoisotopic (exact) mass is 346 g/mol. The Morgan fingerprint density at radius 2 is 2.08 bits per heavy atom. The van der Waals surface area contributed by atoms with Crippen molar-refractivity contribution in [2.75, 3.05) is 25.6 Å². The Labute approximate surface area is 145 Å². The number of ether oxygens (including phenoxy) is 1. The number of hydrogen-bond acceptors (Lipinski definition) is 3. The number of anilines is 1. The Kier molecular flexibility index (Phi) is 5.40. The lowest BCUT2D eigenvalue weighted by Gasteiger charge is -2.14. The molecule has 25 heavy (non-hydrogen) atoms. The molecule has 1 aliphatic rings. The number of halogens is 2. The number of carbonyl (C=O) groups excluding carboxylic acids is 1. The van der Waals surface area contributed by atoms with Crippen molar-refractivity contribution < 1.29 is 18.3 Å². The van der Waals surface area contributed by atoms with Crippen LogP contribution < -0.4 is 5.32 Å². The molecule has 0 saturated heterocycles. The van der Waals surface area contributed by atoms with Crippen molar-refractivity contribution in [1.82, 2.24) is 4.90 Å². The van der Waals surface area contributed by atoms with Gasteiger partial charge in [0.1, 0.15) is 11.6 Å². The number of fused-ring (bicyclic) bond motifs is 1. The molecule has 132 valence electrons. The van der Waals surface area contributed by atoms with Crippen LogP contribution in [0.25, 0.3) is 0 Å². The molecule has 1 aliphatic heterocycles. The summed E-state index contributed by atoms with van der Waals surface area (Å²) in [5.41, 5.74) is 2.49. The summed E-state index contributed by atoms with van der Waals surface area (Å²) >= 11 is 0. The second-order valence-electron chi connectivity index (χ2n) is 6.08. The fraction of sp³-hybridized carbons (Fsp3) is 0.316. The third-order valence-electron chi connectivity index (χ3n) is 4.29. The molecule has 4 nitrogen and oxygen atoms in total. The summed E-state index contributed by atoms with van der Waals surface area (Å²) in [7, 11) is 1.68. The molecule has 0 spiro atoms. The minimum atomic E-state index is -0.743. The Balaban J connectivity index is 1.74. The van der Waals surface area contributed by atoms with Crippen molar-refractivity contribution >= 4 is 11.6 Å². The zero-order valence-corrected chi connectivity index (χ0v) is 14.0. The van der Waals surface area contributed by atoms with E-state index in [0.717, 1.165) is 48.8 Å². The summed E-state index contributed by atoms with van der Waals surface area (Å²) in [4.78, 5) is 14.6. The van der Waals surface area contributed by atoms with Crippen LogP contribution in [0.15, 0.2) is 36.4 Å². The highest BCUT2D eigenvalue weighted by molar-refractivity contribution is 6.05. The fourth-order valence-electron chi connectivity index (χ4n) is 3.06. The topological polar surface area (TPSA) is 41.6 Å². The van der Waals surface area contributed by atoms with Crippen molar-refractivity contribution in [2.24, 2.45) is 0 Å². The molecule has 0 bridgehead atoms. The zero-order chi connectivity index (χ0) is 17.8. The van der Waals surface area contributed by atoms with Crippen LogP contribution in [0, 0.1) is 11.6 Å². The molecule has 0 aromatic heterocycles. The largest absolute Gasteiger partial charge is 0.385 e. The summed E-state index contributed by atoms with van der Waals surface area (Å²) < 4.78 is 32.2. The molecule has 0 atom stereocenters. The number of carbonyl (C=O) groups is 1. The van der Waals surface area contributed by atoms with Gasteiger partial charge in [0, 0.05) is 39.0 Å². The summed E-state index contributed by atoms with van der Waals surface area (Å²) in [5, 5.41) is 2.72. The number of amides is 1. The van der Waals surface area contributed by atoms with Gasteiger partial charge < -0.3 is 10.1 Å². The van der Waals surface area contributed by atoms with Crippen LogP contribution >= 0.6 is 0 Å². The molecule has 0 unspecified atom stereocenters. The Morgan fingerprint density at radius 3 is 2.88 bits per heavy atom. The molecule has 1 heterocycles. The normalized spacial score (nSPS) is 13.7. The van der Waals surface area contributed by atoms with E-state index in [4.69, 9.17) is 4.74 Å². The Bertz CT molecular complexity index is 780. The summed E-state index contributed by atoms with van der Waals surface area (Å²) in [6.07, 6.45) is 0.931. The van der Waals surface area contributed by atoms with Crippen molar-refractivity contribution in [2.45, 2.75) is 19.5 Å². The molecule has 6 heteroatoms. The number of nitrogens with one attached hydrogen (secondary N) is 1. The average Bonchev–Trinajstić information content (AvgIpc) is 3.01. The first kappa shape index (κ1) is 17.5. The van der Waals surface area contributed by atoms with Crippen LogP contribution in [0.5, 0.6) is 0 Å². The molecular formula is C19H20F2N2O2. The maximum Gasteiger partial charge on any atom is 0.258 e. The smallest absolute Gasteiger partial charge is 0.258 e. The van der Waals surface area contributed by atoms with Crippen LogP contribution in [-0.2, 0) is 17.8 Å². The second kappa shape index (κ2) is 7.72. The molecule has 0 fully saturated rings. The van der Waals surface area contributed by atoms with E-state index < -0.39 is 17.5 Å². The molecule has 0 aliphatic carbocycles. The minimum absolute atomic E-state index is 0.299. The number of benzene rings is 2. The van der Waals surface area contributed by atoms with Gasteiger partial charge in [0.15, 0.2) is 0 Å². The van der Waals surface area contributed by atoms with Gasteiger partial charge in [0.05, 0.1) is 5.56 Å². The van der Waals surface area contributed by atoms with Gasteiger partial charge in [0.25, 0.3) is 5.91 Å². The second-order valence-corrected chi connectivity index (χ2v) is 6.08. The molecule has 1 amide bonds. The number of methoxy groups -OCH3 is 1. The van der Waals surface area contributed by atoms with Gasteiger partial charge in [-0.05, 0) is 41.8 Å². The van der Waals surface area contributed by atoms with E-state index in [1.54, 1.807) is 13.2 Å². The Morgan fingerprint density at radius 1 is 1.24 bits per heavy atom. The maximum absolute atomic E-state index is 13.8. The summed E-state index contributed by atoms with van der Waals surface area (Å²) in [5.74, 6) is -2.04. The quantitative estimate of drug-likeness (QED) is 0.813. The van der Waals surface area contributed by atoms with Gasteiger partial charge in [-0.15, -0.1) is 0 Å². The van der Waals surface area contributed by atoms with E-state index in [0.29, 0.717) is 18.8 Å². The van der Waals surface area contributed by atoms with Crippen LogP contribution in [0.2, 0.25) is 0 Å². The van der Waals surface area contributed by atoms with Crippen LogP contribution in [0.3, 0.4) is 0 Å². The van der Waals surface area contributed by atoms with Crippen LogP contribution in [0.1, 0.15) is 27.9 Å². The zero-order valence-electron chi connectivity index (χ0n) is 14.0. The first-order chi connectivity index (χ1) is 12.1. The predicted octanol–water partition coefficient (Wildman–Crippen LogP) is 3.57. The van der Waals surface area contributed by atoms with Crippen molar-refractivity contribution in [1.29, 1.82) is 0 Å². The van der Waals surface area contributed by atoms with Crippen molar-refractivity contribution in [3.05, 3.63) is 64.7 Å². The highest BCUT2D eigenvalue weighted by Gasteiger charge is 2.22. The van der Waals surface area contributed by atoms with Crippen LogP contribution in [0.4, 0.5) is 14.5 Å². The lowest BCUT2D eigenvalue weighted by atomic mass is 10.1. The third kappa shape index (κ3) is 4.03. The van der Waals surface area contributed by atoms with E-state index in [2.05, 4.69) is 10.2 Å². The molecule has 3 rings (SSSR count). The lowest BCUT2D eigenvalue weighted by molar-refractivity contribution is 0.102. The molecule has 2 aromatic carbocycles. The highest BCUT2D eigenvalue weighted by Crippen LogP contribution is 2.29. The first-order valence-electron chi connectivity index (χ1n) is 8.17. The molecule has 0 radical (unpaired) electrons. The van der Waals surface area contributed by atoms with Crippen molar-refractivity contribution in [3.8, 4) is 0 Å². The van der Waals surface area contributed by atoms with Crippen LogP contribution in [-0.4, -0.2) is 31.1 Å². The molecular weight excluding hydrogens is 326 g/mol. The lowest BCUT2D eigenvalue weighted by Crippen LogP contribution is -2.19. The number of nitrogens with zero attached hydrogens (tertiary/aromatic N) is 1. The SMILES string of the molecule is COCCCN1Cc2cccc(NC(=O)c3cc(F)ccc3F)c2C1. The third-order valence-corrected chi connectivity index (χ3v) is 4.29. The fourth-order valence-corrected chi connectivity index (χ4v) is 3.06. The van der Waals surface area contributed by atoms with E-state index in [1.165, 1.54) is 0 Å². The highest BCUT2D eigenvalue weighted by atomic mass is 19.1. The van der Waals surface area contributed by atoms with Gasteiger partial charge in [-0.2, -0.15) is 0 Å². The molecule has 0 saturated carbocycles. The first-order valence-corrected chi connectivity index (χ1v) is 8.17. The standard InChI is InChI=1S/C19H20F2N2O2/c1-25-9-3-8-23-11-13-4-2-5-18(16(13)12-23)22-19(24)15-10-14(20)6-7-17(15)21/h2,4-7,10H,3,8-9,11-12H2,1H3,(H,22,24). The van der Waals surface area contributed by atoms with Gasteiger partial charge in [-0.1, -0.05) is 12.1 Å². The summed E-state index contributed by atoms with van der Waals surface area (Å²) in [6, 6.07) is 8.51. The predicted molar refractivity (Wildman–Crippen MR) is 91.4 cm³/mol.